The van der Waals surface area contributed by atoms with E-state index in [0.717, 1.165) is 6.07 Å². The van der Waals surface area contributed by atoms with Gasteiger partial charge >= 0.3 is 0 Å². The molecule has 0 aliphatic rings. The SMILES string of the molecule is CCC(CC)N(CCBr)S(=O)(=O)c1ncccc1F. The first kappa shape index (κ1) is 16.5. The van der Waals surface area contributed by atoms with E-state index in [1.165, 1.54) is 16.6 Å². The molecule has 0 unspecified atom stereocenters. The van der Waals surface area contributed by atoms with E-state index in [4.69, 9.17) is 0 Å². The van der Waals surface area contributed by atoms with Crippen LogP contribution in [-0.4, -0.2) is 35.6 Å². The van der Waals surface area contributed by atoms with E-state index in [0.29, 0.717) is 24.7 Å². The van der Waals surface area contributed by atoms with Crippen LogP contribution in [0.25, 0.3) is 0 Å². The lowest BCUT2D eigenvalue weighted by Crippen LogP contribution is -2.41. The molecule has 0 radical (unpaired) electrons. The van der Waals surface area contributed by atoms with Crippen molar-refractivity contribution < 1.29 is 12.8 Å². The number of sulfonamides is 1. The predicted octanol–water partition coefficient (Wildman–Crippen LogP) is 2.79. The van der Waals surface area contributed by atoms with Crippen molar-refractivity contribution in [3.8, 4) is 0 Å². The second kappa shape index (κ2) is 7.31. The maximum absolute atomic E-state index is 13.7. The number of pyridine rings is 1. The van der Waals surface area contributed by atoms with Crippen LogP contribution in [0.15, 0.2) is 23.4 Å². The van der Waals surface area contributed by atoms with Gasteiger partial charge in [-0.25, -0.2) is 17.8 Å². The molecule has 7 heteroatoms. The number of hydrogen-bond acceptors (Lipinski definition) is 3. The highest BCUT2D eigenvalue weighted by Crippen LogP contribution is 2.21. The number of alkyl halides is 1. The molecule has 0 saturated heterocycles. The van der Waals surface area contributed by atoms with Gasteiger partial charge in [0.05, 0.1) is 0 Å². The molecule has 0 saturated carbocycles. The molecular weight excluding hydrogens is 335 g/mol. The van der Waals surface area contributed by atoms with Gasteiger partial charge in [0.1, 0.15) is 0 Å². The van der Waals surface area contributed by atoms with E-state index in [1.54, 1.807) is 0 Å². The average molecular weight is 353 g/mol. The summed E-state index contributed by atoms with van der Waals surface area (Å²) in [6.07, 6.45) is 2.64. The van der Waals surface area contributed by atoms with Crippen LogP contribution in [0.1, 0.15) is 26.7 Å². The van der Waals surface area contributed by atoms with Crippen molar-refractivity contribution in [3.05, 3.63) is 24.1 Å². The lowest BCUT2D eigenvalue weighted by atomic mass is 10.2. The molecule has 0 atom stereocenters. The van der Waals surface area contributed by atoms with Gasteiger partial charge in [0.25, 0.3) is 10.0 Å². The summed E-state index contributed by atoms with van der Waals surface area (Å²) in [5, 5.41) is -0.000156. The highest BCUT2D eigenvalue weighted by Gasteiger charge is 2.32. The number of halogens is 2. The van der Waals surface area contributed by atoms with Crippen molar-refractivity contribution in [3.63, 3.8) is 0 Å². The topological polar surface area (TPSA) is 50.3 Å². The van der Waals surface area contributed by atoms with Gasteiger partial charge in [0.15, 0.2) is 5.82 Å². The van der Waals surface area contributed by atoms with Gasteiger partial charge in [0.2, 0.25) is 5.03 Å². The molecule has 0 aliphatic heterocycles. The largest absolute Gasteiger partial charge is 0.263 e. The van der Waals surface area contributed by atoms with E-state index in [-0.39, 0.29) is 6.04 Å². The molecule has 0 aromatic carbocycles. The Bertz CT molecular complexity index is 506. The number of hydrogen-bond donors (Lipinski definition) is 0. The van der Waals surface area contributed by atoms with Crippen molar-refractivity contribution in [1.29, 1.82) is 0 Å². The summed E-state index contributed by atoms with van der Waals surface area (Å²) in [5.41, 5.74) is 0. The van der Waals surface area contributed by atoms with Gasteiger partial charge in [-0.3, -0.25) is 0 Å². The zero-order chi connectivity index (χ0) is 14.5. The van der Waals surface area contributed by atoms with E-state index in [1.807, 2.05) is 13.8 Å². The summed E-state index contributed by atoms with van der Waals surface area (Å²) in [5.74, 6) is -0.812. The summed E-state index contributed by atoms with van der Waals surface area (Å²) in [4.78, 5) is 3.68. The number of nitrogens with zero attached hydrogens (tertiary/aromatic N) is 2. The summed E-state index contributed by atoms with van der Waals surface area (Å²) >= 11 is 3.24. The fraction of sp³-hybridized carbons (Fsp3) is 0.583. The minimum absolute atomic E-state index is 0.149. The van der Waals surface area contributed by atoms with Crippen LogP contribution in [0.2, 0.25) is 0 Å². The lowest BCUT2D eigenvalue weighted by molar-refractivity contribution is 0.315. The Labute approximate surface area is 122 Å². The van der Waals surface area contributed by atoms with Crippen molar-refractivity contribution in [2.45, 2.75) is 37.8 Å². The van der Waals surface area contributed by atoms with Crippen LogP contribution >= 0.6 is 15.9 Å². The highest BCUT2D eigenvalue weighted by molar-refractivity contribution is 9.09. The fourth-order valence-electron chi connectivity index (χ4n) is 1.95. The van der Waals surface area contributed by atoms with Crippen molar-refractivity contribution >= 4 is 26.0 Å². The first-order chi connectivity index (χ1) is 8.98. The normalized spacial score (nSPS) is 12.3. The van der Waals surface area contributed by atoms with Crippen LogP contribution < -0.4 is 0 Å². The zero-order valence-corrected chi connectivity index (χ0v) is 13.4. The molecule has 108 valence electrons. The molecule has 0 amide bonds. The minimum atomic E-state index is -3.90. The Morgan fingerprint density at radius 3 is 2.53 bits per heavy atom. The molecule has 1 rings (SSSR count). The Morgan fingerprint density at radius 1 is 1.42 bits per heavy atom. The summed E-state index contributed by atoms with van der Waals surface area (Å²) in [6.45, 7) is 4.13. The predicted molar refractivity (Wildman–Crippen MR) is 76.3 cm³/mol. The van der Waals surface area contributed by atoms with E-state index in [2.05, 4.69) is 20.9 Å². The van der Waals surface area contributed by atoms with Gasteiger partial charge in [-0.05, 0) is 25.0 Å². The first-order valence-electron chi connectivity index (χ1n) is 6.17. The molecule has 1 aromatic rings. The standard InChI is InChI=1S/C12H18BrFN2O2S/c1-3-10(4-2)16(9-7-13)19(17,18)12-11(14)6-5-8-15-12/h5-6,8,10H,3-4,7,9H2,1-2H3. The Kier molecular flexibility index (Phi) is 6.35. The van der Waals surface area contributed by atoms with Crippen LogP contribution in [0, 0.1) is 5.82 Å². The second-order valence-corrected chi connectivity index (χ2v) is 6.66. The van der Waals surface area contributed by atoms with Gasteiger partial charge < -0.3 is 0 Å². The van der Waals surface area contributed by atoms with Gasteiger partial charge in [-0.2, -0.15) is 4.31 Å². The first-order valence-corrected chi connectivity index (χ1v) is 8.73. The Hall–Kier alpha value is -0.530. The van der Waals surface area contributed by atoms with Crippen LogP contribution in [0.5, 0.6) is 0 Å². The van der Waals surface area contributed by atoms with Crippen LogP contribution in [0.3, 0.4) is 0 Å². The summed E-state index contributed by atoms with van der Waals surface area (Å²) in [7, 11) is -3.90. The maximum Gasteiger partial charge on any atom is 0.263 e. The summed E-state index contributed by atoms with van der Waals surface area (Å²) in [6, 6.07) is 2.34. The molecule has 0 fully saturated rings. The van der Waals surface area contributed by atoms with Gasteiger partial charge in [0, 0.05) is 24.1 Å². The molecule has 1 heterocycles. The Morgan fingerprint density at radius 2 is 2.05 bits per heavy atom. The monoisotopic (exact) mass is 352 g/mol. The fourth-order valence-corrected chi connectivity index (χ4v) is 4.32. The minimum Gasteiger partial charge on any atom is -0.241 e. The van der Waals surface area contributed by atoms with Gasteiger partial charge in [-0.15, -0.1) is 0 Å². The zero-order valence-electron chi connectivity index (χ0n) is 11.0. The molecule has 0 aliphatic carbocycles. The molecule has 4 nitrogen and oxygen atoms in total. The lowest BCUT2D eigenvalue weighted by Gasteiger charge is -2.28. The van der Waals surface area contributed by atoms with Crippen molar-refractivity contribution in [1.82, 2.24) is 9.29 Å². The quantitative estimate of drug-likeness (QED) is 0.709. The smallest absolute Gasteiger partial charge is 0.241 e. The second-order valence-electron chi connectivity index (χ2n) is 4.07. The summed E-state index contributed by atoms with van der Waals surface area (Å²) < 4.78 is 40.0. The third kappa shape index (κ3) is 3.73. The maximum atomic E-state index is 13.7. The van der Waals surface area contributed by atoms with Crippen molar-refractivity contribution in [2.24, 2.45) is 0 Å². The third-order valence-corrected chi connectivity index (χ3v) is 5.17. The van der Waals surface area contributed by atoms with E-state index < -0.39 is 20.9 Å². The number of aromatic nitrogens is 1. The molecular formula is C12H18BrFN2O2S. The van der Waals surface area contributed by atoms with E-state index >= 15 is 0 Å². The molecule has 0 N–H and O–H groups in total. The third-order valence-electron chi connectivity index (χ3n) is 2.93. The number of rotatable bonds is 7. The average Bonchev–Trinajstić information content (AvgIpc) is 2.39. The Balaban J connectivity index is 3.24. The highest BCUT2D eigenvalue weighted by atomic mass is 79.9. The molecule has 19 heavy (non-hydrogen) atoms. The van der Waals surface area contributed by atoms with Gasteiger partial charge in [-0.1, -0.05) is 29.8 Å². The molecule has 1 aromatic heterocycles. The molecule has 0 bridgehead atoms. The van der Waals surface area contributed by atoms with Crippen LogP contribution in [0.4, 0.5) is 4.39 Å². The van der Waals surface area contributed by atoms with Crippen LogP contribution in [-0.2, 0) is 10.0 Å². The van der Waals surface area contributed by atoms with E-state index in [9.17, 15) is 12.8 Å². The van der Waals surface area contributed by atoms with Crippen molar-refractivity contribution in [2.75, 3.05) is 11.9 Å². The molecule has 0 spiro atoms.